The number of unbranched alkanes of at least 4 members (excludes halogenated alkanes) is 1. The Morgan fingerprint density at radius 2 is 1.57 bits per heavy atom. The first-order valence-corrected chi connectivity index (χ1v) is 11.2. The maximum atomic E-state index is 11.6. The fraction of sp³-hybridized carbons (Fsp3) is 0.273. The quantitative estimate of drug-likeness (QED) is 0.591. The van der Waals surface area contributed by atoms with Crippen LogP contribution in [0.4, 0.5) is 0 Å². The van der Waals surface area contributed by atoms with Crippen molar-refractivity contribution in [3.05, 3.63) is 64.8 Å². The Labute approximate surface area is 172 Å². The van der Waals surface area contributed by atoms with E-state index < -0.39 is 10.0 Å². The lowest BCUT2D eigenvalue weighted by atomic mass is 9.97. The molecule has 0 aliphatic heterocycles. The third-order valence-electron chi connectivity index (χ3n) is 5.12. The van der Waals surface area contributed by atoms with E-state index in [1.165, 1.54) is 11.3 Å². The molecule has 1 heterocycles. The number of nitrogens with two attached hydrogens (primary N) is 1. The van der Waals surface area contributed by atoms with Crippen LogP contribution in [0.1, 0.15) is 31.0 Å². The number of primary sulfonamides is 1. The van der Waals surface area contributed by atoms with Crippen LogP contribution in [-0.4, -0.2) is 13.0 Å². The summed E-state index contributed by atoms with van der Waals surface area (Å²) in [5.41, 5.74) is 6.81. The van der Waals surface area contributed by atoms with Gasteiger partial charge in [-0.3, -0.25) is 0 Å². The maximum Gasteiger partial charge on any atom is 0.238 e. The van der Waals surface area contributed by atoms with E-state index in [0.29, 0.717) is 5.02 Å². The number of halogens is 1. The van der Waals surface area contributed by atoms with Crippen molar-refractivity contribution >= 4 is 21.6 Å². The van der Waals surface area contributed by atoms with Gasteiger partial charge in [-0.25, -0.2) is 13.6 Å². The molecule has 0 fully saturated rings. The van der Waals surface area contributed by atoms with E-state index in [-0.39, 0.29) is 4.90 Å². The van der Waals surface area contributed by atoms with Crippen LogP contribution in [0, 0.1) is 6.92 Å². The van der Waals surface area contributed by atoms with Gasteiger partial charge in [0.25, 0.3) is 0 Å². The van der Waals surface area contributed by atoms with E-state index >= 15 is 0 Å². The Morgan fingerprint density at radius 3 is 2.11 bits per heavy atom. The molecule has 28 heavy (non-hydrogen) atoms. The lowest BCUT2D eigenvalue weighted by Gasteiger charge is -2.10. The fourth-order valence-electron chi connectivity index (χ4n) is 3.74. The molecule has 0 saturated heterocycles. The molecule has 0 bridgehead atoms. The van der Waals surface area contributed by atoms with Crippen LogP contribution in [0.15, 0.2) is 53.4 Å². The Kier molecular flexibility index (Phi) is 5.98. The largest absolute Gasteiger partial charge is 0.347 e. The van der Waals surface area contributed by atoms with Gasteiger partial charge in [0.05, 0.1) is 10.6 Å². The topological polar surface area (TPSA) is 65.1 Å². The Morgan fingerprint density at radius 1 is 1.00 bits per heavy atom. The molecule has 0 saturated carbocycles. The van der Waals surface area contributed by atoms with Gasteiger partial charge in [-0.15, -0.1) is 0 Å². The molecular formula is C22H25ClN2O2S. The van der Waals surface area contributed by atoms with E-state index in [4.69, 9.17) is 16.7 Å². The average Bonchev–Trinajstić information content (AvgIpc) is 2.90. The van der Waals surface area contributed by atoms with E-state index in [2.05, 4.69) is 25.5 Å². The van der Waals surface area contributed by atoms with Crippen LogP contribution in [-0.2, 0) is 23.5 Å². The van der Waals surface area contributed by atoms with Crippen LogP contribution < -0.4 is 5.14 Å². The van der Waals surface area contributed by atoms with Crippen molar-refractivity contribution in [2.75, 3.05) is 0 Å². The summed E-state index contributed by atoms with van der Waals surface area (Å²) in [5, 5.41) is 5.95. The summed E-state index contributed by atoms with van der Waals surface area (Å²) >= 11 is 6.07. The first-order chi connectivity index (χ1) is 13.2. The van der Waals surface area contributed by atoms with Gasteiger partial charge in [0.2, 0.25) is 10.0 Å². The highest BCUT2D eigenvalue weighted by Crippen LogP contribution is 2.38. The average molecular weight is 417 g/mol. The van der Waals surface area contributed by atoms with Crippen molar-refractivity contribution in [1.29, 1.82) is 0 Å². The Hall–Kier alpha value is -2.08. The third-order valence-corrected chi connectivity index (χ3v) is 6.30. The number of rotatable bonds is 6. The zero-order valence-electron chi connectivity index (χ0n) is 16.4. The molecule has 3 aromatic rings. The first kappa shape index (κ1) is 20.6. The van der Waals surface area contributed by atoms with Crippen LogP contribution in [0.2, 0.25) is 5.02 Å². The zero-order chi connectivity index (χ0) is 20.5. The van der Waals surface area contributed by atoms with Crippen LogP contribution >= 0.6 is 11.6 Å². The number of nitrogens with zero attached hydrogens (tertiary/aromatic N) is 1. The fourth-order valence-corrected chi connectivity index (χ4v) is 4.38. The molecule has 0 aliphatic carbocycles. The van der Waals surface area contributed by atoms with Gasteiger partial charge in [-0.1, -0.05) is 49.2 Å². The van der Waals surface area contributed by atoms with Gasteiger partial charge in [0, 0.05) is 23.3 Å². The predicted molar refractivity (Wildman–Crippen MR) is 116 cm³/mol. The highest BCUT2D eigenvalue weighted by molar-refractivity contribution is 7.89. The van der Waals surface area contributed by atoms with Crippen molar-refractivity contribution in [1.82, 2.24) is 4.57 Å². The molecule has 148 valence electrons. The summed E-state index contributed by atoms with van der Waals surface area (Å²) in [6.45, 7) is 4.29. The smallest absolute Gasteiger partial charge is 0.238 e. The summed E-state index contributed by atoms with van der Waals surface area (Å²) in [6.07, 6.45) is 3.14. The van der Waals surface area contributed by atoms with Crippen molar-refractivity contribution < 1.29 is 8.42 Å². The highest BCUT2D eigenvalue weighted by atomic mass is 35.5. The summed E-state index contributed by atoms with van der Waals surface area (Å²) in [5.74, 6) is 0. The van der Waals surface area contributed by atoms with Crippen LogP contribution in [0.25, 0.3) is 22.4 Å². The monoisotopic (exact) mass is 416 g/mol. The number of aromatic nitrogens is 1. The Balaban J connectivity index is 2.19. The van der Waals surface area contributed by atoms with E-state index in [1.807, 2.05) is 36.4 Å². The van der Waals surface area contributed by atoms with Crippen LogP contribution in [0.5, 0.6) is 0 Å². The standard InChI is InChI=1S/C22H25ClN2O2S/c1-4-5-6-20-21(16-9-13-19(14-10-16)28(24,26)27)15(2)22(25(20)3)17-7-11-18(23)12-8-17/h7-14H,4-6H2,1-3H3,(H2,24,26,27). The van der Waals surface area contributed by atoms with Crippen molar-refractivity contribution in [2.24, 2.45) is 12.2 Å². The number of benzene rings is 2. The molecule has 3 rings (SSSR count). The van der Waals surface area contributed by atoms with E-state index in [1.54, 1.807) is 12.1 Å². The second kappa shape index (κ2) is 8.11. The van der Waals surface area contributed by atoms with Gasteiger partial charge in [0.15, 0.2) is 0 Å². The first-order valence-electron chi connectivity index (χ1n) is 9.31. The van der Waals surface area contributed by atoms with E-state index in [0.717, 1.165) is 41.6 Å². The number of hydrogen-bond acceptors (Lipinski definition) is 2. The molecule has 0 unspecified atom stereocenters. The van der Waals surface area contributed by atoms with Gasteiger partial charge in [0.1, 0.15) is 0 Å². The van der Waals surface area contributed by atoms with Crippen molar-refractivity contribution in [3.8, 4) is 22.4 Å². The molecule has 4 nitrogen and oxygen atoms in total. The van der Waals surface area contributed by atoms with Crippen LogP contribution in [0.3, 0.4) is 0 Å². The van der Waals surface area contributed by atoms with Gasteiger partial charge in [-0.05, 0) is 60.7 Å². The molecule has 2 N–H and O–H groups in total. The molecule has 0 spiro atoms. The molecule has 0 atom stereocenters. The minimum absolute atomic E-state index is 0.123. The van der Waals surface area contributed by atoms with E-state index in [9.17, 15) is 8.42 Å². The van der Waals surface area contributed by atoms with Crippen molar-refractivity contribution in [2.45, 2.75) is 38.0 Å². The predicted octanol–water partition coefficient (Wildman–Crippen LogP) is 5.31. The Bertz CT molecular complexity index is 1080. The summed E-state index contributed by atoms with van der Waals surface area (Å²) in [7, 11) is -1.62. The number of hydrogen-bond donors (Lipinski definition) is 1. The third kappa shape index (κ3) is 4.02. The van der Waals surface area contributed by atoms with Crippen molar-refractivity contribution in [3.63, 3.8) is 0 Å². The minimum atomic E-state index is -3.70. The molecule has 1 aromatic heterocycles. The summed E-state index contributed by atoms with van der Waals surface area (Å²) in [4.78, 5) is 0.123. The lowest BCUT2D eigenvalue weighted by molar-refractivity contribution is 0.598. The zero-order valence-corrected chi connectivity index (χ0v) is 17.9. The molecule has 0 radical (unpaired) electrons. The SMILES string of the molecule is CCCCc1c(-c2ccc(S(N)(=O)=O)cc2)c(C)c(-c2ccc(Cl)cc2)n1C. The molecule has 0 amide bonds. The van der Waals surface area contributed by atoms with Gasteiger partial charge in [-0.2, -0.15) is 0 Å². The normalized spacial score (nSPS) is 11.8. The number of sulfonamides is 1. The minimum Gasteiger partial charge on any atom is -0.347 e. The molecule has 6 heteroatoms. The lowest BCUT2D eigenvalue weighted by Crippen LogP contribution is -2.11. The molecule has 2 aromatic carbocycles. The second-order valence-corrected chi connectivity index (χ2v) is 9.03. The highest BCUT2D eigenvalue weighted by Gasteiger charge is 2.20. The summed E-state index contributed by atoms with van der Waals surface area (Å²) in [6, 6.07) is 14.7. The van der Waals surface area contributed by atoms with Gasteiger partial charge >= 0.3 is 0 Å². The molecule has 0 aliphatic rings. The second-order valence-electron chi connectivity index (χ2n) is 7.03. The summed E-state index contributed by atoms with van der Waals surface area (Å²) < 4.78 is 25.4. The van der Waals surface area contributed by atoms with Gasteiger partial charge < -0.3 is 4.57 Å². The maximum absolute atomic E-state index is 11.6. The molecular weight excluding hydrogens is 392 g/mol.